The van der Waals surface area contributed by atoms with E-state index in [1.54, 1.807) is 0 Å². The van der Waals surface area contributed by atoms with Crippen molar-refractivity contribution in [1.82, 2.24) is 20.4 Å². The van der Waals surface area contributed by atoms with E-state index in [1.807, 2.05) is 7.05 Å². The van der Waals surface area contributed by atoms with Gasteiger partial charge in [-0.1, -0.05) is 24.3 Å². The minimum atomic E-state index is 0.798. The molecule has 2 N–H and O–H groups in total. The number of nitrogens with one attached hydrogen (secondary N) is 2. The summed E-state index contributed by atoms with van der Waals surface area (Å²) in [6.07, 6.45) is 3.88. The molecule has 6 heteroatoms. The van der Waals surface area contributed by atoms with E-state index in [4.69, 9.17) is 4.74 Å². The molecule has 0 radical (unpaired) electrons. The molecule has 2 aliphatic rings. The average molecular weight is 374 g/mol. The van der Waals surface area contributed by atoms with E-state index in [-0.39, 0.29) is 0 Å². The fraction of sp³-hybridized carbons (Fsp3) is 0.667. The molecule has 150 valence electrons. The van der Waals surface area contributed by atoms with E-state index >= 15 is 0 Å². The first-order valence-corrected chi connectivity index (χ1v) is 10.4. The third kappa shape index (κ3) is 6.79. The lowest BCUT2D eigenvalue weighted by Gasteiger charge is -2.27. The van der Waals surface area contributed by atoms with Gasteiger partial charge in [-0.3, -0.25) is 9.89 Å². The maximum absolute atomic E-state index is 5.46. The van der Waals surface area contributed by atoms with Crippen molar-refractivity contribution in [2.45, 2.75) is 32.4 Å². The van der Waals surface area contributed by atoms with Crippen LogP contribution in [-0.2, 0) is 17.8 Å². The van der Waals surface area contributed by atoms with Crippen LogP contribution >= 0.6 is 0 Å². The fourth-order valence-corrected chi connectivity index (χ4v) is 3.80. The molecule has 6 nitrogen and oxygen atoms in total. The zero-order chi connectivity index (χ0) is 18.7. The number of hydrogen-bond donors (Lipinski definition) is 2. The van der Waals surface area contributed by atoms with Gasteiger partial charge in [0.25, 0.3) is 0 Å². The Bertz CT molecular complexity index is 580. The van der Waals surface area contributed by atoms with Gasteiger partial charge in [-0.25, -0.2) is 0 Å². The van der Waals surface area contributed by atoms with Crippen LogP contribution in [0.4, 0.5) is 0 Å². The number of likely N-dealkylation sites (tertiary alicyclic amines) is 1. The molecule has 1 aromatic carbocycles. The quantitative estimate of drug-likeness (QED) is 0.412. The second kappa shape index (κ2) is 11.3. The molecular formula is C21H35N5O. The lowest BCUT2D eigenvalue weighted by molar-refractivity contribution is 0.0341. The zero-order valence-electron chi connectivity index (χ0n) is 16.8. The van der Waals surface area contributed by atoms with Gasteiger partial charge in [0.05, 0.1) is 13.2 Å². The lowest BCUT2D eigenvalue weighted by Crippen LogP contribution is -2.39. The molecule has 0 spiro atoms. The monoisotopic (exact) mass is 373 g/mol. The Labute approximate surface area is 164 Å². The highest BCUT2D eigenvalue weighted by molar-refractivity contribution is 5.79. The molecule has 0 amide bonds. The first-order valence-electron chi connectivity index (χ1n) is 10.4. The number of morpholine rings is 1. The Kier molecular flexibility index (Phi) is 8.39. The summed E-state index contributed by atoms with van der Waals surface area (Å²) < 4.78 is 5.46. The first-order chi connectivity index (χ1) is 13.3. The van der Waals surface area contributed by atoms with Crippen LogP contribution < -0.4 is 10.6 Å². The second-order valence-corrected chi connectivity index (χ2v) is 7.41. The van der Waals surface area contributed by atoms with Crippen molar-refractivity contribution < 1.29 is 4.74 Å². The van der Waals surface area contributed by atoms with Gasteiger partial charge in [0.15, 0.2) is 5.96 Å². The summed E-state index contributed by atoms with van der Waals surface area (Å²) in [5, 5.41) is 6.92. The molecule has 1 aromatic rings. The molecule has 0 aliphatic carbocycles. The minimum Gasteiger partial charge on any atom is -0.379 e. The van der Waals surface area contributed by atoms with Crippen LogP contribution in [0.5, 0.6) is 0 Å². The number of ether oxygens (including phenoxy) is 1. The zero-order valence-corrected chi connectivity index (χ0v) is 16.8. The summed E-state index contributed by atoms with van der Waals surface area (Å²) in [6, 6.07) is 8.69. The molecule has 0 unspecified atom stereocenters. The number of hydrogen-bond acceptors (Lipinski definition) is 4. The van der Waals surface area contributed by atoms with E-state index in [9.17, 15) is 0 Å². The van der Waals surface area contributed by atoms with Crippen molar-refractivity contribution in [2.24, 2.45) is 4.99 Å². The molecular weight excluding hydrogens is 338 g/mol. The Hall–Kier alpha value is -1.63. The van der Waals surface area contributed by atoms with E-state index in [0.717, 1.165) is 58.3 Å². The van der Waals surface area contributed by atoms with E-state index in [1.165, 1.54) is 43.6 Å². The smallest absolute Gasteiger partial charge is 0.191 e. The summed E-state index contributed by atoms with van der Waals surface area (Å²) in [4.78, 5) is 9.39. The minimum absolute atomic E-state index is 0.798. The van der Waals surface area contributed by atoms with Crippen molar-refractivity contribution in [1.29, 1.82) is 0 Å². The normalized spacial score (nSPS) is 19.4. The fourth-order valence-electron chi connectivity index (χ4n) is 3.80. The van der Waals surface area contributed by atoms with Crippen molar-refractivity contribution in [2.75, 3.05) is 59.5 Å². The Morgan fingerprint density at radius 1 is 1.00 bits per heavy atom. The molecule has 0 aromatic heterocycles. The summed E-state index contributed by atoms with van der Waals surface area (Å²) in [6.45, 7) is 10.2. The van der Waals surface area contributed by atoms with Crippen molar-refractivity contribution in [3.63, 3.8) is 0 Å². The van der Waals surface area contributed by atoms with Crippen LogP contribution in [-0.4, -0.2) is 75.3 Å². The average Bonchev–Trinajstić information content (AvgIpc) is 3.23. The molecule has 27 heavy (non-hydrogen) atoms. The highest BCUT2D eigenvalue weighted by Gasteiger charge is 2.13. The summed E-state index contributed by atoms with van der Waals surface area (Å²) >= 11 is 0. The topological polar surface area (TPSA) is 52.1 Å². The summed E-state index contributed by atoms with van der Waals surface area (Å²) in [5.41, 5.74) is 2.72. The van der Waals surface area contributed by atoms with Crippen molar-refractivity contribution >= 4 is 5.96 Å². The van der Waals surface area contributed by atoms with E-state index < -0.39 is 0 Å². The molecule has 2 saturated heterocycles. The van der Waals surface area contributed by atoms with Gasteiger partial charge >= 0.3 is 0 Å². The number of guanidine groups is 1. The van der Waals surface area contributed by atoms with Crippen LogP contribution in [0.2, 0.25) is 0 Å². The maximum Gasteiger partial charge on any atom is 0.191 e. The summed E-state index contributed by atoms with van der Waals surface area (Å²) in [5.74, 6) is 0.887. The number of nitrogens with zero attached hydrogens (tertiary/aromatic N) is 3. The van der Waals surface area contributed by atoms with Gasteiger partial charge in [0.1, 0.15) is 0 Å². The molecule has 2 aliphatic heterocycles. The molecule has 0 bridgehead atoms. The van der Waals surface area contributed by atoms with Gasteiger partial charge in [0.2, 0.25) is 0 Å². The molecule has 2 heterocycles. The molecule has 3 rings (SSSR count). The van der Waals surface area contributed by atoms with Crippen molar-refractivity contribution in [3.8, 4) is 0 Å². The Morgan fingerprint density at radius 3 is 2.48 bits per heavy atom. The summed E-state index contributed by atoms with van der Waals surface area (Å²) in [7, 11) is 1.84. The highest BCUT2D eigenvalue weighted by Crippen LogP contribution is 2.13. The third-order valence-electron chi connectivity index (χ3n) is 5.43. The Balaban J connectivity index is 1.42. The van der Waals surface area contributed by atoms with Crippen molar-refractivity contribution in [3.05, 3.63) is 35.4 Å². The number of rotatable bonds is 8. The molecule has 2 fully saturated rings. The van der Waals surface area contributed by atoms with Gasteiger partial charge in [-0.2, -0.15) is 0 Å². The van der Waals surface area contributed by atoms with E-state index in [2.05, 4.69) is 49.7 Å². The predicted octanol–water partition coefficient (Wildman–Crippen LogP) is 1.67. The number of aliphatic imine (C=N–C) groups is 1. The van der Waals surface area contributed by atoms with Gasteiger partial charge in [-0.05, 0) is 50.0 Å². The van der Waals surface area contributed by atoms with Crippen LogP contribution in [0.3, 0.4) is 0 Å². The van der Waals surface area contributed by atoms with Crippen LogP contribution in [0.25, 0.3) is 0 Å². The maximum atomic E-state index is 5.46. The van der Waals surface area contributed by atoms with Gasteiger partial charge in [-0.15, -0.1) is 0 Å². The van der Waals surface area contributed by atoms with E-state index in [0.29, 0.717) is 0 Å². The predicted molar refractivity (Wildman–Crippen MR) is 111 cm³/mol. The largest absolute Gasteiger partial charge is 0.379 e. The number of benzene rings is 1. The first kappa shape index (κ1) is 20.1. The Morgan fingerprint density at radius 2 is 1.74 bits per heavy atom. The van der Waals surface area contributed by atoms with Gasteiger partial charge in [0, 0.05) is 39.8 Å². The van der Waals surface area contributed by atoms with Gasteiger partial charge < -0.3 is 20.3 Å². The SMILES string of the molecule is CN=C(NCCCN1CCCC1)NCc1ccccc1CN1CCOCC1. The van der Waals surface area contributed by atoms with Crippen LogP contribution in [0, 0.1) is 0 Å². The van der Waals surface area contributed by atoms with Crippen LogP contribution in [0.1, 0.15) is 30.4 Å². The highest BCUT2D eigenvalue weighted by atomic mass is 16.5. The van der Waals surface area contributed by atoms with Crippen LogP contribution in [0.15, 0.2) is 29.3 Å². The standard InChI is InChI=1S/C21H35N5O/c1-22-21(23-9-6-12-25-10-4-5-11-25)24-17-19-7-2-3-8-20(19)18-26-13-15-27-16-14-26/h2-3,7-8H,4-6,9-18H2,1H3,(H2,22,23,24). The lowest BCUT2D eigenvalue weighted by atomic mass is 10.1. The molecule has 0 atom stereocenters. The second-order valence-electron chi connectivity index (χ2n) is 7.41. The molecule has 0 saturated carbocycles. The third-order valence-corrected chi connectivity index (χ3v) is 5.43.